The molecule has 3 rings (SSSR count). The Bertz CT molecular complexity index is 634. The second-order valence-corrected chi connectivity index (χ2v) is 5.15. The molecular weight excluding hydrogens is 238 g/mol. The van der Waals surface area contributed by atoms with Crippen molar-refractivity contribution in [2.75, 3.05) is 0 Å². The van der Waals surface area contributed by atoms with Crippen LogP contribution in [-0.4, -0.2) is 4.40 Å². The number of hydrogen-bond donors (Lipinski definition) is 0. The number of nitrogens with zero attached hydrogens (tertiary/aromatic N) is 1. The van der Waals surface area contributed by atoms with E-state index in [1.165, 1.54) is 21.7 Å². The topological polar surface area (TPSA) is 4.41 Å². The van der Waals surface area contributed by atoms with Crippen molar-refractivity contribution in [3.8, 4) is 11.1 Å². The van der Waals surface area contributed by atoms with Crippen molar-refractivity contribution < 1.29 is 0 Å². The first-order chi connectivity index (χ1) is 7.74. The molecule has 0 saturated heterocycles. The summed E-state index contributed by atoms with van der Waals surface area (Å²) < 4.78 is 2.22. The highest BCUT2D eigenvalue weighted by Crippen LogP contribution is 2.27. The maximum atomic E-state index is 5.88. The summed E-state index contributed by atoms with van der Waals surface area (Å²) in [4.78, 5) is 1.28. The second-order valence-electron chi connectivity index (χ2n) is 3.82. The van der Waals surface area contributed by atoms with Crippen molar-refractivity contribution in [3.63, 3.8) is 0 Å². The Kier molecular flexibility index (Phi) is 2.27. The molecule has 0 aliphatic heterocycles. The van der Waals surface area contributed by atoms with Crippen molar-refractivity contribution in [1.29, 1.82) is 0 Å². The molecule has 0 bridgehead atoms. The van der Waals surface area contributed by atoms with Gasteiger partial charge in [-0.15, -0.1) is 11.3 Å². The Morgan fingerprint density at radius 1 is 1.12 bits per heavy atom. The van der Waals surface area contributed by atoms with Crippen LogP contribution in [-0.2, 0) is 0 Å². The van der Waals surface area contributed by atoms with Crippen LogP contribution in [0.3, 0.4) is 0 Å². The highest BCUT2D eigenvalue weighted by atomic mass is 35.5. The molecule has 0 unspecified atom stereocenters. The summed E-state index contributed by atoms with van der Waals surface area (Å²) in [5.74, 6) is 0. The van der Waals surface area contributed by atoms with Crippen molar-refractivity contribution in [2.24, 2.45) is 0 Å². The molecule has 0 spiro atoms. The van der Waals surface area contributed by atoms with Gasteiger partial charge in [-0.1, -0.05) is 23.7 Å². The lowest BCUT2D eigenvalue weighted by Crippen LogP contribution is -1.78. The van der Waals surface area contributed by atoms with Crippen molar-refractivity contribution in [2.45, 2.75) is 6.92 Å². The van der Waals surface area contributed by atoms with Gasteiger partial charge in [0.25, 0.3) is 0 Å². The smallest absolute Gasteiger partial charge is 0.0999 e. The average Bonchev–Trinajstić information content (AvgIpc) is 2.83. The van der Waals surface area contributed by atoms with Gasteiger partial charge in [0.15, 0.2) is 0 Å². The molecule has 3 aromatic rings. The molecule has 0 aliphatic rings. The summed E-state index contributed by atoms with van der Waals surface area (Å²) in [7, 11) is 0. The molecule has 0 radical (unpaired) electrons. The van der Waals surface area contributed by atoms with Crippen LogP contribution in [0.2, 0.25) is 5.02 Å². The van der Waals surface area contributed by atoms with Crippen molar-refractivity contribution >= 4 is 27.8 Å². The van der Waals surface area contributed by atoms with Crippen LogP contribution in [0.1, 0.15) is 5.69 Å². The number of benzene rings is 1. The molecule has 2 heterocycles. The van der Waals surface area contributed by atoms with Crippen LogP contribution < -0.4 is 0 Å². The zero-order valence-corrected chi connectivity index (χ0v) is 10.3. The number of halogens is 1. The zero-order valence-electron chi connectivity index (χ0n) is 8.77. The normalized spacial score (nSPS) is 11.1. The third-order valence-corrected chi connectivity index (χ3v) is 3.96. The summed E-state index contributed by atoms with van der Waals surface area (Å²) in [6, 6.07) is 10.2. The number of fused-ring (bicyclic) bond motifs is 1. The molecule has 16 heavy (non-hydrogen) atoms. The fourth-order valence-electron chi connectivity index (χ4n) is 1.81. The molecular formula is C13H10ClNS. The van der Waals surface area contributed by atoms with Crippen LogP contribution in [0.15, 0.2) is 41.9 Å². The molecule has 1 aromatic carbocycles. The summed E-state index contributed by atoms with van der Waals surface area (Å²) in [5.41, 5.74) is 3.73. The first-order valence-corrected chi connectivity index (χ1v) is 6.32. The van der Waals surface area contributed by atoms with Gasteiger partial charge in [0.2, 0.25) is 0 Å². The van der Waals surface area contributed by atoms with Gasteiger partial charge in [0, 0.05) is 27.9 Å². The molecule has 0 amide bonds. The van der Waals surface area contributed by atoms with Gasteiger partial charge in [-0.3, -0.25) is 0 Å². The Labute approximate surface area is 103 Å². The van der Waals surface area contributed by atoms with E-state index in [1.807, 2.05) is 12.1 Å². The van der Waals surface area contributed by atoms with Crippen molar-refractivity contribution in [1.82, 2.24) is 4.40 Å². The monoisotopic (exact) mass is 247 g/mol. The number of hydrogen-bond acceptors (Lipinski definition) is 1. The predicted octanol–water partition coefficient (Wildman–Crippen LogP) is 4.63. The predicted molar refractivity (Wildman–Crippen MR) is 70.5 cm³/mol. The fourth-order valence-corrected chi connectivity index (χ4v) is 2.85. The number of aromatic nitrogens is 1. The van der Waals surface area contributed by atoms with E-state index in [0.717, 1.165) is 5.02 Å². The number of rotatable bonds is 1. The highest BCUT2D eigenvalue weighted by Gasteiger charge is 2.05. The fraction of sp³-hybridized carbons (Fsp3) is 0.0769. The first kappa shape index (κ1) is 9.94. The minimum absolute atomic E-state index is 0.779. The summed E-state index contributed by atoms with van der Waals surface area (Å²) >= 11 is 7.65. The second kappa shape index (κ2) is 3.65. The van der Waals surface area contributed by atoms with E-state index in [1.54, 1.807) is 11.3 Å². The van der Waals surface area contributed by atoms with Crippen LogP contribution >= 0.6 is 22.9 Å². The van der Waals surface area contributed by atoms with E-state index in [0.29, 0.717) is 0 Å². The Morgan fingerprint density at radius 2 is 1.88 bits per heavy atom. The molecule has 1 nitrogen and oxygen atoms in total. The minimum Gasteiger partial charge on any atom is -0.311 e. The highest BCUT2D eigenvalue weighted by molar-refractivity contribution is 7.15. The largest absolute Gasteiger partial charge is 0.311 e. The van der Waals surface area contributed by atoms with E-state index in [9.17, 15) is 0 Å². The SMILES string of the molecule is Cc1csc2cc(-c3ccc(Cl)cc3)cn12. The lowest BCUT2D eigenvalue weighted by molar-refractivity contribution is 1.14. The van der Waals surface area contributed by atoms with Gasteiger partial charge in [0.05, 0.1) is 4.83 Å². The molecule has 3 heteroatoms. The van der Waals surface area contributed by atoms with Gasteiger partial charge < -0.3 is 4.40 Å². The van der Waals surface area contributed by atoms with Crippen LogP contribution in [0.25, 0.3) is 16.0 Å². The van der Waals surface area contributed by atoms with Gasteiger partial charge in [-0.25, -0.2) is 0 Å². The summed E-state index contributed by atoms with van der Waals surface area (Å²) in [6.07, 6.45) is 2.17. The molecule has 0 N–H and O–H groups in total. The Hall–Kier alpha value is -1.25. The minimum atomic E-state index is 0.779. The molecule has 0 aliphatic carbocycles. The van der Waals surface area contributed by atoms with Crippen LogP contribution in [0, 0.1) is 6.92 Å². The van der Waals surface area contributed by atoms with E-state index < -0.39 is 0 Å². The van der Waals surface area contributed by atoms with Crippen LogP contribution in [0.4, 0.5) is 0 Å². The molecule has 80 valence electrons. The Balaban J connectivity index is 2.15. The first-order valence-electron chi connectivity index (χ1n) is 5.06. The number of thiazole rings is 1. The maximum absolute atomic E-state index is 5.88. The average molecular weight is 248 g/mol. The van der Waals surface area contributed by atoms with E-state index in [2.05, 4.69) is 41.1 Å². The molecule has 0 fully saturated rings. The summed E-state index contributed by atoms with van der Waals surface area (Å²) in [6.45, 7) is 2.12. The third-order valence-electron chi connectivity index (χ3n) is 2.69. The summed E-state index contributed by atoms with van der Waals surface area (Å²) in [5, 5.41) is 2.95. The van der Waals surface area contributed by atoms with Gasteiger partial charge in [-0.2, -0.15) is 0 Å². The van der Waals surface area contributed by atoms with Crippen molar-refractivity contribution in [3.05, 3.63) is 52.6 Å². The zero-order chi connectivity index (χ0) is 11.1. The van der Waals surface area contributed by atoms with E-state index in [4.69, 9.17) is 11.6 Å². The lowest BCUT2D eigenvalue weighted by atomic mass is 10.1. The van der Waals surface area contributed by atoms with Gasteiger partial charge in [0.1, 0.15) is 0 Å². The molecule has 0 saturated carbocycles. The molecule has 0 atom stereocenters. The van der Waals surface area contributed by atoms with Crippen LogP contribution in [0.5, 0.6) is 0 Å². The standard InChI is InChI=1S/C13H10ClNS/c1-9-8-16-13-6-11(7-15(9)13)10-2-4-12(14)5-3-10/h2-8H,1H3. The quantitative estimate of drug-likeness (QED) is 0.591. The Morgan fingerprint density at radius 3 is 2.56 bits per heavy atom. The molecule has 2 aromatic heterocycles. The third kappa shape index (κ3) is 1.55. The van der Waals surface area contributed by atoms with Gasteiger partial charge in [-0.05, 0) is 30.7 Å². The van der Waals surface area contributed by atoms with Gasteiger partial charge >= 0.3 is 0 Å². The maximum Gasteiger partial charge on any atom is 0.0999 e. The van der Waals surface area contributed by atoms with E-state index in [-0.39, 0.29) is 0 Å². The van der Waals surface area contributed by atoms with E-state index >= 15 is 0 Å². The lowest BCUT2D eigenvalue weighted by Gasteiger charge is -1.96. The number of aryl methyl sites for hydroxylation is 1.